The van der Waals surface area contributed by atoms with Crippen molar-refractivity contribution >= 4 is 11.9 Å². The SMILES string of the molecule is COCC1CCC(NC(=O)Cc2cc(C)ccc2C)(C(=O)OC)CC1. The van der Waals surface area contributed by atoms with Gasteiger partial charge in [0.2, 0.25) is 5.91 Å². The van der Waals surface area contributed by atoms with E-state index in [9.17, 15) is 9.59 Å². The van der Waals surface area contributed by atoms with Crippen LogP contribution >= 0.6 is 0 Å². The third-order valence-corrected chi connectivity index (χ3v) is 5.17. The quantitative estimate of drug-likeness (QED) is 0.804. The van der Waals surface area contributed by atoms with Gasteiger partial charge in [-0.05, 0) is 56.6 Å². The molecule has 25 heavy (non-hydrogen) atoms. The van der Waals surface area contributed by atoms with Crippen molar-refractivity contribution in [2.24, 2.45) is 5.92 Å². The molecule has 1 N–H and O–H groups in total. The summed E-state index contributed by atoms with van der Waals surface area (Å²) >= 11 is 0. The number of nitrogens with one attached hydrogen (secondary N) is 1. The van der Waals surface area contributed by atoms with Gasteiger partial charge in [-0.15, -0.1) is 0 Å². The summed E-state index contributed by atoms with van der Waals surface area (Å²) in [7, 11) is 3.07. The van der Waals surface area contributed by atoms with Crippen LogP contribution in [0.5, 0.6) is 0 Å². The molecule has 5 nitrogen and oxygen atoms in total. The van der Waals surface area contributed by atoms with E-state index in [0.717, 1.165) is 29.5 Å². The Morgan fingerprint density at radius 3 is 2.48 bits per heavy atom. The van der Waals surface area contributed by atoms with Gasteiger partial charge in [-0.25, -0.2) is 4.79 Å². The summed E-state index contributed by atoms with van der Waals surface area (Å²) in [6, 6.07) is 6.07. The molecule has 0 spiro atoms. The summed E-state index contributed by atoms with van der Waals surface area (Å²) in [5.74, 6) is -0.0549. The molecule has 1 aliphatic carbocycles. The van der Waals surface area contributed by atoms with E-state index in [0.29, 0.717) is 25.4 Å². The molecule has 1 aliphatic rings. The van der Waals surface area contributed by atoms with Crippen LogP contribution in [0.4, 0.5) is 0 Å². The van der Waals surface area contributed by atoms with Gasteiger partial charge in [0.1, 0.15) is 5.54 Å². The minimum absolute atomic E-state index is 0.135. The van der Waals surface area contributed by atoms with Gasteiger partial charge in [-0.3, -0.25) is 4.79 Å². The zero-order valence-electron chi connectivity index (χ0n) is 15.7. The van der Waals surface area contributed by atoms with Gasteiger partial charge in [0.15, 0.2) is 0 Å². The number of carbonyl (C=O) groups excluding carboxylic acids is 2. The Balaban J connectivity index is 2.08. The average molecular weight is 347 g/mol. The summed E-state index contributed by atoms with van der Waals surface area (Å²) in [5, 5.41) is 2.99. The van der Waals surface area contributed by atoms with Gasteiger partial charge in [-0.1, -0.05) is 23.8 Å². The first kappa shape index (κ1) is 19.4. The van der Waals surface area contributed by atoms with Gasteiger partial charge in [0, 0.05) is 13.7 Å². The van der Waals surface area contributed by atoms with Crippen molar-refractivity contribution < 1.29 is 19.1 Å². The molecule has 0 aliphatic heterocycles. The van der Waals surface area contributed by atoms with Gasteiger partial charge in [-0.2, -0.15) is 0 Å². The predicted molar refractivity (Wildman–Crippen MR) is 96.3 cm³/mol. The minimum Gasteiger partial charge on any atom is -0.467 e. The molecule has 0 unspecified atom stereocenters. The van der Waals surface area contributed by atoms with Gasteiger partial charge in [0.05, 0.1) is 13.5 Å². The van der Waals surface area contributed by atoms with Crippen molar-refractivity contribution in [2.75, 3.05) is 20.8 Å². The van der Waals surface area contributed by atoms with E-state index in [1.807, 2.05) is 32.0 Å². The van der Waals surface area contributed by atoms with Crippen LogP contribution < -0.4 is 5.32 Å². The molecule has 1 fully saturated rings. The maximum atomic E-state index is 12.6. The summed E-state index contributed by atoms with van der Waals surface area (Å²) in [6.45, 7) is 4.69. The van der Waals surface area contributed by atoms with Crippen molar-refractivity contribution in [2.45, 2.75) is 51.5 Å². The third kappa shape index (κ3) is 4.82. The first-order valence-corrected chi connectivity index (χ1v) is 8.84. The highest BCUT2D eigenvalue weighted by atomic mass is 16.5. The fraction of sp³-hybridized carbons (Fsp3) is 0.600. The highest BCUT2D eigenvalue weighted by Gasteiger charge is 2.44. The summed E-state index contributed by atoms with van der Waals surface area (Å²) < 4.78 is 10.2. The molecule has 2 rings (SSSR count). The maximum absolute atomic E-state index is 12.6. The number of esters is 1. The molecule has 1 aromatic carbocycles. The second-order valence-electron chi connectivity index (χ2n) is 7.13. The van der Waals surface area contributed by atoms with Crippen molar-refractivity contribution in [1.82, 2.24) is 5.32 Å². The number of carbonyl (C=O) groups is 2. The Morgan fingerprint density at radius 2 is 1.88 bits per heavy atom. The fourth-order valence-electron chi connectivity index (χ4n) is 3.62. The predicted octanol–water partition coefficient (Wildman–Crippen LogP) is 2.71. The highest BCUT2D eigenvalue weighted by molar-refractivity contribution is 5.89. The molecule has 0 heterocycles. The molecule has 1 saturated carbocycles. The lowest BCUT2D eigenvalue weighted by molar-refractivity contribution is -0.153. The van der Waals surface area contributed by atoms with Crippen LogP contribution in [0.15, 0.2) is 18.2 Å². The molecular formula is C20H29NO4. The number of ether oxygens (including phenoxy) is 2. The third-order valence-electron chi connectivity index (χ3n) is 5.17. The van der Waals surface area contributed by atoms with Crippen LogP contribution in [0.25, 0.3) is 0 Å². The largest absolute Gasteiger partial charge is 0.467 e. The standard InChI is InChI=1S/C20H29NO4/c1-14-5-6-15(2)17(11-14)12-18(22)21-20(19(23)25-4)9-7-16(8-10-20)13-24-3/h5-6,11,16H,7-10,12-13H2,1-4H3,(H,21,22). The van der Waals surface area contributed by atoms with E-state index in [1.54, 1.807) is 7.11 Å². The van der Waals surface area contributed by atoms with Gasteiger partial charge >= 0.3 is 5.97 Å². The molecule has 5 heteroatoms. The zero-order chi connectivity index (χ0) is 18.4. The number of amides is 1. The highest BCUT2D eigenvalue weighted by Crippen LogP contribution is 2.33. The Bertz CT molecular complexity index is 618. The second-order valence-corrected chi connectivity index (χ2v) is 7.13. The van der Waals surface area contributed by atoms with Crippen LogP contribution in [-0.4, -0.2) is 38.2 Å². The Kier molecular flexibility index (Phi) is 6.59. The zero-order valence-corrected chi connectivity index (χ0v) is 15.7. The number of rotatable bonds is 6. The van der Waals surface area contributed by atoms with Crippen molar-refractivity contribution in [3.8, 4) is 0 Å². The monoisotopic (exact) mass is 347 g/mol. The van der Waals surface area contributed by atoms with Crippen LogP contribution in [0.3, 0.4) is 0 Å². The number of methoxy groups -OCH3 is 2. The molecule has 1 aromatic rings. The van der Waals surface area contributed by atoms with E-state index < -0.39 is 5.54 Å². The smallest absolute Gasteiger partial charge is 0.331 e. The van der Waals surface area contributed by atoms with Crippen LogP contribution in [0.1, 0.15) is 42.4 Å². The lowest BCUT2D eigenvalue weighted by Gasteiger charge is -2.38. The molecule has 1 amide bonds. The van der Waals surface area contributed by atoms with E-state index in [-0.39, 0.29) is 18.3 Å². The topological polar surface area (TPSA) is 64.6 Å². The number of hydrogen-bond donors (Lipinski definition) is 1. The normalized spacial score (nSPS) is 23.1. The van der Waals surface area contributed by atoms with E-state index in [2.05, 4.69) is 5.32 Å². The Morgan fingerprint density at radius 1 is 1.20 bits per heavy atom. The first-order valence-electron chi connectivity index (χ1n) is 8.84. The molecule has 0 bridgehead atoms. The Labute approximate surface area is 150 Å². The van der Waals surface area contributed by atoms with Crippen LogP contribution in [0, 0.1) is 19.8 Å². The molecule has 0 atom stereocenters. The first-order chi connectivity index (χ1) is 11.9. The van der Waals surface area contributed by atoms with E-state index in [1.165, 1.54) is 7.11 Å². The molecule has 0 saturated heterocycles. The molecule has 138 valence electrons. The summed E-state index contributed by atoms with van der Waals surface area (Å²) in [6.07, 6.45) is 3.13. The van der Waals surface area contributed by atoms with Gasteiger partial charge in [0.25, 0.3) is 0 Å². The number of aryl methyl sites for hydroxylation is 2. The van der Waals surface area contributed by atoms with E-state index >= 15 is 0 Å². The van der Waals surface area contributed by atoms with Crippen LogP contribution in [-0.2, 0) is 25.5 Å². The average Bonchev–Trinajstić information content (AvgIpc) is 2.59. The number of benzene rings is 1. The lowest BCUT2D eigenvalue weighted by Crippen LogP contribution is -2.57. The van der Waals surface area contributed by atoms with Crippen molar-refractivity contribution in [3.05, 3.63) is 34.9 Å². The molecular weight excluding hydrogens is 318 g/mol. The van der Waals surface area contributed by atoms with Gasteiger partial charge < -0.3 is 14.8 Å². The van der Waals surface area contributed by atoms with E-state index in [4.69, 9.17) is 9.47 Å². The molecule has 0 aromatic heterocycles. The summed E-state index contributed by atoms with van der Waals surface area (Å²) in [5.41, 5.74) is 2.28. The van der Waals surface area contributed by atoms with Crippen molar-refractivity contribution in [1.29, 1.82) is 0 Å². The second kappa shape index (κ2) is 8.48. The van der Waals surface area contributed by atoms with Crippen LogP contribution in [0.2, 0.25) is 0 Å². The van der Waals surface area contributed by atoms with Crippen molar-refractivity contribution in [3.63, 3.8) is 0 Å². The maximum Gasteiger partial charge on any atom is 0.331 e. The fourth-order valence-corrected chi connectivity index (χ4v) is 3.62. The molecule has 0 radical (unpaired) electrons. The lowest BCUT2D eigenvalue weighted by atomic mass is 9.76. The minimum atomic E-state index is -0.909. The number of hydrogen-bond acceptors (Lipinski definition) is 4. The Hall–Kier alpha value is -1.88. The summed E-state index contributed by atoms with van der Waals surface area (Å²) in [4.78, 5) is 25.0.